The van der Waals surface area contributed by atoms with E-state index < -0.39 is 5.66 Å². The second-order valence-corrected chi connectivity index (χ2v) is 5.72. The van der Waals surface area contributed by atoms with Crippen molar-refractivity contribution in [3.8, 4) is 0 Å². The van der Waals surface area contributed by atoms with Gasteiger partial charge in [-0.3, -0.25) is 10.1 Å². The lowest BCUT2D eigenvalue weighted by Gasteiger charge is -2.32. The average Bonchev–Trinajstić information content (AvgIpc) is 2.75. The number of amides is 1. The van der Waals surface area contributed by atoms with Gasteiger partial charge in [0.05, 0.1) is 6.04 Å². The van der Waals surface area contributed by atoms with Crippen LogP contribution in [0, 0.1) is 0 Å². The fraction of sp³-hybridized carbons (Fsp3) is 0.278. The van der Waals surface area contributed by atoms with Crippen LogP contribution < -0.4 is 5.32 Å². The van der Waals surface area contributed by atoms with Gasteiger partial charge in [-0.15, -0.1) is 0 Å². The van der Waals surface area contributed by atoms with Crippen LogP contribution in [0.3, 0.4) is 0 Å². The summed E-state index contributed by atoms with van der Waals surface area (Å²) >= 11 is 0. The molecule has 1 fully saturated rings. The van der Waals surface area contributed by atoms with E-state index >= 15 is 0 Å². The molecule has 0 bridgehead atoms. The van der Waals surface area contributed by atoms with Gasteiger partial charge in [0.2, 0.25) is 5.91 Å². The molecular formula is C18H20N2O. The molecule has 1 aliphatic rings. The summed E-state index contributed by atoms with van der Waals surface area (Å²) in [5, 5.41) is 3.51. The number of benzene rings is 2. The van der Waals surface area contributed by atoms with Crippen LogP contribution in [-0.4, -0.2) is 23.9 Å². The molecule has 0 radical (unpaired) electrons. The first-order valence-corrected chi connectivity index (χ1v) is 7.26. The van der Waals surface area contributed by atoms with Gasteiger partial charge < -0.3 is 4.90 Å². The first kappa shape index (κ1) is 13.8. The van der Waals surface area contributed by atoms with Gasteiger partial charge in [0.15, 0.2) is 0 Å². The predicted molar refractivity (Wildman–Crippen MR) is 83.6 cm³/mol. The molecule has 1 aliphatic heterocycles. The molecule has 0 saturated carbocycles. The first-order chi connectivity index (χ1) is 10.1. The topological polar surface area (TPSA) is 32.3 Å². The number of carbonyl (C=O) groups is 1. The van der Waals surface area contributed by atoms with Crippen LogP contribution in [-0.2, 0) is 16.9 Å². The van der Waals surface area contributed by atoms with Crippen molar-refractivity contribution in [2.75, 3.05) is 7.05 Å². The van der Waals surface area contributed by atoms with E-state index in [1.165, 1.54) is 5.56 Å². The van der Waals surface area contributed by atoms with E-state index in [9.17, 15) is 4.79 Å². The number of nitrogens with one attached hydrogen (secondary N) is 1. The fourth-order valence-electron chi connectivity index (χ4n) is 2.98. The van der Waals surface area contributed by atoms with Crippen LogP contribution in [0.2, 0.25) is 0 Å². The third-order valence-corrected chi connectivity index (χ3v) is 4.37. The van der Waals surface area contributed by atoms with Crippen LogP contribution in [0.5, 0.6) is 0 Å². The van der Waals surface area contributed by atoms with E-state index in [2.05, 4.69) is 36.5 Å². The Morgan fingerprint density at radius 3 is 2.24 bits per heavy atom. The van der Waals surface area contributed by atoms with Gasteiger partial charge in [-0.05, 0) is 24.5 Å². The van der Waals surface area contributed by atoms with Crippen molar-refractivity contribution < 1.29 is 4.79 Å². The van der Waals surface area contributed by atoms with Crippen LogP contribution in [0.4, 0.5) is 0 Å². The summed E-state index contributed by atoms with van der Waals surface area (Å²) in [5.41, 5.74) is 1.84. The maximum Gasteiger partial charge on any atom is 0.241 e. The number of hydrogen-bond donors (Lipinski definition) is 1. The van der Waals surface area contributed by atoms with Crippen molar-refractivity contribution in [3.05, 3.63) is 71.8 Å². The number of likely N-dealkylation sites (N-methyl/N-ethyl adjacent to an activating group) is 1. The summed E-state index contributed by atoms with van der Waals surface area (Å²) in [5.74, 6) is 0.144. The third kappa shape index (κ3) is 2.45. The molecule has 1 heterocycles. The molecule has 2 aromatic carbocycles. The zero-order valence-corrected chi connectivity index (χ0v) is 12.4. The standard InChI is InChI=1S/C18H20N2O/c1-18(15-11-7-4-8-12-15)19-16(17(21)20(18)2)13-14-9-5-3-6-10-14/h3-12,16,19H,13H2,1-2H3/t16-,18+/m0/s1. The minimum Gasteiger partial charge on any atom is -0.322 e. The Morgan fingerprint density at radius 1 is 1.05 bits per heavy atom. The van der Waals surface area contributed by atoms with E-state index in [4.69, 9.17) is 0 Å². The van der Waals surface area contributed by atoms with E-state index in [1.807, 2.05) is 48.3 Å². The van der Waals surface area contributed by atoms with Gasteiger partial charge in [0, 0.05) is 7.05 Å². The molecule has 1 saturated heterocycles. The summed E-state index contributed by atoms with van der Waals surface area (Å²) in [7, 11) is 1.87. The summed E-state index contributed by atoms with van der Waals surface area (Å²) in [4.78, 5) is 14.4. The molecule has 1 amide bonds. The van der Waals surface area contributed by atoms with Crippen molar-refractivity contribution in [3.63, 3.8) is 0 Å². The molecule has 2 atom stereocenters. The second kappa shape index (κ2) is 5.34. The van der Waals surface area contributed by atoms with Gasteiger partial charge in [0.25, 0.3) is 0 Å². The fourth-order valence-corrected chi connectivity index (χ4v) is 2.98. The Bertz CT molecular complexity index is 626. The Kier molecular flexibility index (Phi) is 3.52. The van der Waals surface area contributed by atoms with E-state index in [1.54, 1.807) is 0 Å². The highest BCUT2D eigenvalue weighted by molar-refractivity contribution is 5.85. The zero-order chi connectivity index (χ0) is 14.9. The number of nitrogens with zero attached hydrogens (tertiary/aromatic N) is 1. The highest BCUT2D eigenvalue weighted by Crippen LogP contribution is 2.31. The molecule has 3 rings (SSSR count). The highest BCUT2D eigenvalue weighted by atomic mass is 16.2. The molecule has 0 unspecified atom stereocenters. The van der Waals surface area contributed by atoms with Crippen molar-refractivity contribution in [2.24, 2.45) is 0 Å². The van der Waals surface area contributed by atoms with E-state index in [-0.39, 0.29) is 11.9 Å². The van der Waals surface area contributed by atoms with Crippen LogP contribution in [0.25, 0.3) is 0 Å². The summed E-state index contributed by atoms with van der Waals surface area (Å²) in [6.45, 7) is 2.06. The first-order valence-electron chi connectivity index (χ1n) is 7.26. The van der Waals surface area contributed by atoms with Gasteiger partial charge in [-0.2, -0.15) is 0 Å². The Hall–Kier alpha value is -2.13. The maximum atomic E-state index is 12.6. The molecule has 1 N–H and O–H groups in total. The van der Waals surface area contributed by atoms with E-state index in [0.29, 0.717) is 6.42 Å². The van der Waals surface area contributed by atoms with Gasteiger partial charge in [-0.25, -0.2) is 0 Å². The largest absolute Gasteiger partial charge is 0.322 e. The van der Waals surface area contributed by atoms with Gasteiger partial charge in [0.1, 0.15) is 5.66 Å². The predicted octanol–water partition coefficient (Wildman–Crippen LogP) is 2.53. The smallest absolute Gasteiger partial charge is 0.241 e. The average molecular weight is 280 g/mol. The summed E-state index contributed by atoms with van der Waals surface area (Å²) in [6.07, 6.45) is 0.715. The monoisotopic (exact) mass is 280 g/mol. The highest BCUT2D eigenvalue weighted by Gasteiger charge is 2.45. The normalized spacial score (nSPS) is 25.3. The summed E-state index contributed by atoms with van der Waals surface area (Å²) in [6, 6.07) is 20.1. The molecule has 3 heteroatoms. The molecule has 3 nitrogen and oxygen atoms in total. The minimum atomic E-state index is -0.447. The summed E-state index contributed by atoms with van der Waals surface area (Å²) < 4.78 is 0. The van der Waals surface area contributed by atoms with E-state index in [0.717, 1.165) is 5.56 Å². The number of rotatable bonds is 3. The SMILES string of the molecule is CN1C(=O)[C@H](Cc2ccccc2)N[C@@]1(C)c1ccccc1. The Balaban J connectivity index is 1.85. The lowest BCUT2D eigenvalue weighted by atomic mass is 10.0. The van der Waals surface area contributed by atoms with Crippen LogP contribution >= 0.6 is 0 Å². The molecule has 2 aromatic rings. The molecule has 21 heavy (non-hydrogen) atoms. The number of hydrogen-bond acceptors (Lipinski definition) is 2. The molecule has 0 spiro atoms. The Labute approximate surface area is 125 Å². The second-order valence-electron chi connectivity index (χ2n) is 5.72. The molecular weight excluding hydrogens is 260 g/mol. The van der Waals surface area contributed by atoms with Crippen molar-refractivity contribution in [1.29, 1.82) is 0 Å². The maximum absolute atomic E-state index is 12.6. The molecule has 0 aromatic heterocycles. The van der Waals surface area contributed by atoms with Gasteiger partial charge in [-0.1, -0.05) is 60.7 Å². The zero-order valence-electron chi connectivity index (χ0n) is 12.4. The third-order valence-electron chi connectivity index (χ3n) is 4.37. The Morgan fingerprint density at radius 2 is 1.62 bits per heavy atom. The van der Waals surface area contributed by atoms with Crippen LogP contribution in [0.1, 0.15) is 18.1 Å². The minimum absolute atomic E-state index is 0.144. The van der Waals surface area contributed by atoms with Gasteiger partial charge >= 0.3 is 0 Å². The quantitative estimate of drug-likeness (QED) is 0.937. The number of carbonyl (C=O) groups excluding carboxylic acids is 1. The lowest BCUT2D eigenvalue weighted by molar-refractivity contribution is -0.130. The van der Waals surface area contributed by atoms with Crippen LogP contribution in [0.15, 0.2) is 60.7 Å². The molecule has 0 aliphatic carbocycles. The van der Waals surface area contributed by atoms with Crippen molar-refractivity contribution in [2.45, 2.75) is 25.0 Å². The molecule has 108 valence electrons. The lowest BCUT2D eigenvalue weighted by Crippen LogP contribution is -2.45. The van der Waals surface area contributed by atoms with Crippen molar-refractivity contribution in [1.82, 2.24) is 10.2 Å². The van der Waals surface area contributed by atoms with Crippen molar-refractivity contribution >= 4 is 5.91 Å².